The fourth-order valence-corrected chi connectivity index (χ4v) is 3.16. The van der Waals surface area contributed by atoms with Gasteiger partial charge in [0.15, 0.2) is 16.6 Å². The van der Waals surface area contributed by atoms with Crippen molar-refractivity contribution in [3.05, 3.63) is 61.2 Å². The molecule has 0 aliphatic heterocycles. The van der Waals surface area contributed by atoms with Crippen LogP contribution in [0, 0.1) is 5.82 Å². The van der Waals surface area contributed by atoms with Gasteiger partial charge in [0, 0.05) is 17.5 Å². The van der Waals surface area contributed by atoms with Crippen molar-refractivity contribution in [3.63, 3.8) is 0 Å². The molecule has 0 atom stereocenters. The normalized spacial score (nSPS) is 11.0. The quantitative estimate of drug-likeness (QED) is 0.619. The summed E-state index contributed by atoms with van der Waals surface area (Å²) in [5.41, 5.74) is 0.886. The number of nitrogens with one attached hydrogen (secondary N) is 1. The number of hydrogen-bond acceptors (Lipinski definition) is 3. The lowest BCUT2D eigenvalue weighted by Gasteiger charge is -2.15. The van der Waals surface area contributed by atoms with Crippen molar-refractivity contribution in [2.45, 2.75) is 0 Å². The van der Waals surface area contributed by atoms with Crippen molar-refractivity contribution in [1.29, 1.82) is 0 Å². The molecule has 0 bridgehead atoms. The Morgan fingerprint density at radius 3 is 2.52 bits per heavy atom. The molecule has 118 valence electrons. The van der Waals surface area contributed by atoms with Crippen LogP contribution in [-0.2, 0) is 0 Å². The zero-order valence-corrected chi connectivity index (χ0v) is 14.8. The maximum absolute atomic E-state index is 13.8. The third-order valence-electron chi connectivity index (χ3n) is 3.34. The molecule has 0 amide bonds. The number of nitrogens with zero attached hydrogens (tertiary/aromatic N) is 2. The molecule has 0 aliphatic carbocycles. The molecule has 3 rings (SSSR count). The standard InChI is InChI=1S/C15H9BrCl2FN3O/c1-20-12-9-6-10(19)13(18)21-14(9)22(15(23)11(12)16)8-4-2-7(17)3-5-8/h2-6,20H,1H3. The van der Waals surface area contributed by atoms with Gasteiger partial charge >= 0.3 is 0 Å². The van der Waals surface area contributed by atoms with Crippen LogP contribution in [0.15, 0.2) is 39.6 Å². The van der Waals surface area contributed by atoms with Gasteiger partial charge in [0.1, 0.15) is 4.47 Å². The first-order chi connectivity index (χ1) is 10.9. The predicted octanol–water partition coefficient (Wildman–Crippen LogP) is 4.64. The van der Waals surface area contributed by atoms with E-state index in [1.165, 1.54) is 10.6 Å². The molecule has 0 radical (unpaired) electrons. The van der Waals surface area contributed by atoms with Crippen LogP contribution in [-0.4, -0.2) is 16.6 Å². The molecule has 0 unspecified atom stereocenters. The van der Waals surface area contributed by atoms with E-state index in [-0.39, 0.29) is 20.8 Å². The fraction of sp³-hybridized carbons (Fsp3) is 0.0667. The van der Waals surface area contributed by atoms with Crippen LogP contribution in [0.1, 0.15) is 0 Å². The Labute approximate surface area is 149 Å². The summed E-state index contributed by atoms with van der Waals surface area (Å²) in [6, 6.07) is 7.90. The van der Waals surface area contributed by atoms with Gasteiger partial charge < -0.3 is 5.32 Å². The summed E-state index contributed by atoms with van der Waals surface area (Å²) in [6.45, 7) is 0. The Bertz CT molecular complexity index is 973. The van der Waals surface area contributed by atoms with Gasteiger partial charge in [-0.3, -0.25) is 9.36 Å². The highest BCUT2D eigenvalue weighted by Gasteiger charge is 2.18. The van der Waals surface area contributed by atoms with Gasteiger partial charge in [-0.15, -0.1) is 0 Å². The number of hydrogen-bond donors (Lipinski definition) is 1. The summed E-state index contributed by atoms with van der Waals surface area (Å²) in [7, 11) is 1.64. The van der Waals surface area contributed by atoms with E-state index in [2.05, 4.69) is 26.2 Å². The zero-order chi connectivity index (χ0) is 16.7. The van der Waals surface area contributed by atoms with E-state index < -0.39 is 5.82 Å². The number of benzene rings is 1. The fourth-order valence-electron chi connectivity index (χ4n) is 2.31. The van der Waals surface area contributed by atoms with Gasteiger partial charge in [0.25, 0.3) is 5.56 Å². The Balaban J connectivity index is 2.50. The third kappa shape index (κ3) is 2.71. The topological polar surface area (TPSA) is 46.9 Å². The number of halogens is 4. The van der Waals surface area contributed by atoms with Crippen LogP contribution in [0.25, 0.3) is 16.7 Å². The molecule has 2 heterocycles. The summed E-state index contributed by atoms with van der Waals surface area (Å²) in [5, 5.41) is 3.54. The van der Waals surface area contributed by atoms with Crippen molar-refractivity contribution in [3.8, 4) is 5.69 Å². The first-order valence-corrected chi connectivity index (χ1v) is 8.03. The van der Waals surface area contributed by atoms with Crippen LogP contribution < -0.4 is 10.9 Å². The maximum Gasteiger partial charge on any atom is 0.273 e. The molecule has 1 aromatic carbocycles. The first-order valence-electron chi connectivity index (χ1n) is 6.48. The largest absolute Gasteiger partial charge is 0.386 e. The minimum Gasteiger partial charge on any atom is -0.386 e. The second-order valence-electron chi connectivity index (χ2n) is 4.69. The Hall–Kier alpha value is -1.63. The Morgan fingerprint density at radius 2 is 1.91 bits per heavy atom. The molecule has 8 heteroatoms. The monoisotopic (exact) mass is 415 g/mol. The van der Waals surface area contributed by atoms with Crippen LogP contribution in [0.3, 0.4) is 0 Å². The lowest BCUT2D eigenvalue weighted by atomic mass is 10.2. The number of pyridine rings is 2. The van der Waals surface area contributed by atoms with E-state index in [1.54, 1.807) is 31.3 Å². The number of aromatic nitrogens is 2. The molecule has 2 aromatic heterocycles. The number of anilines is 1. The summed E-state index contributed by atoms with van der Waals surface area (Å²) in [5.74, 6) is -0.663. The van der Waals surface area contributed by atoms with Crippen LogP contribution in [0.2, 0.25) is 10.2 Å². The third-order valence-corrected chi connectivity index (χ3v) is 4.59. The lowest BCUT2D eigenvalue weighted by Crippen LogP contribution is -2.22. The average Bonchev–Trinajstić information content (AvgIpc) is 2.53. The highest BCUT2D eigenvalue weighted by molar-refractivity contribution is 9.10. The minimum absolute atomic E-state index is 0.247. The van der Waals surface area contributed by atoms with Gasteiger partial charge in [0.2, 0.25) is 0 Å². The summed E-state index contributed by atoms with van der Waals surface area (Å²) in [6.07, 6.45) is 0. The van der Waals surface area contributed by atoms with Crippen LogP contribution >= 0.6 is 39.1 Å². The average molecular weight is 417 g/mol. The molecule has 23 heavy (non-hydrogen) atoms. The minimum atomic E-state index is -0.663. The van der Waals surface area contributed by atoms with Crippen LogP contribution in [0.4, 0.5) is 10.1 Å². The van der Waals surface area contributed by atoms with Crippen molar-refractivity contribution < 1.29 is 4.39 Å². The lowest BCUT2D eigenvalue weighted by molar-refractivity contribution is 0.624. The van der Waals surface area contributed by atoms with E-state index >= 15 is 0 Å². The molecule has 0 saturated heterocycles. The van der Waals surface area contributed by atoms with Crippen molar-refractivity contribution in [2.24, 2.45) is 0 Å². The molecule has 0 aliphatic rings. The zero-order valence-electron chi connectivity index (χ0n) is 11.7. The Kier molecular flexibility index (Phi) is 4.31. The highest BCUT2D eigenvalue weighted by Crippen LogP contribution is 2.31. The molecule has 3 aromatic rings. The SMILES string of the molecule is CNc1c(Br)c(=O)n(-c2ccc(Cl)cc2)c2nc(Cl)c(F)cc12. The van der Waals surface area contributed by atoms with E-state index in [0.29, 0.717) is 21.8 Å². The molecule has 0 spiro atoms. The van der Waals surface area contributed by atoms with E-state index in [4.69, 9.17) is 23.2 Å². The van der Waals surface area contributed by atoms with Crippen LogP contribution in [0.5, 0.6) is 0 Å². The van der Waals surface area contributed by atoms with Gasteiger partial charge in [-0.1, -0.05) is 23.2 Å². The molecule has 4 nitrogen and oxygen atoms in total. The highest BCUT2D eigenvalue weighted by atomic mass is 79.9. The van der Waals surface area contributed by atoms with E-state index in [0.717, 1.165) is 0 Å². The second kappa shape index (κ2) is 6.11. The van der Waals surface area contributed by atoms with E-state index in [9.17, 15) is 9.18 Å². The molecule has 0 fully saturated rings. The second-order valence-corrected chi connectivity index (χ2v) is 6.28. The predicted molar refractivity (Wildman–Crippen MR) is 94.6 cm³/mol. The molecular weight excluding hydrogens is 408 g/mol. The summed E-state index contributed by atoms with van der Waals surface area (Å²) < 4.78 is 15.5. The van der Waals surface area contributed by atoms with Crippen molar-refractivity contribution in [2.75, 3.05) is 12.4 Å². The molecule has 0 saturated carbocycles. The van der Waals surface area contributed by atoms with E-state index in [1.807, 2.05) is 0 Å². The van der Waals surface area contributed by atoms with Crippen molar-refractivity contribution >= 4 is 55.9 Å². The Morgan fingerprint density at radius 1 is 1.26 bits per heavy atom. The summed E-state index contributed by atoms with van der Waals surface area (Å²) in [4.78, 5) is 16.8. The number of fused-ring (bicyclic) bond motifs is 1. The summed E-state index contributed by atoms with van der Waals surface area (Å²) >= 11 is 15.0. The number of rotatable bonds is 2. The molecular formula is C15H9BrCl2FN3O. The first kappa shape index (κ1) is 16.2. The van der Waals surface area contributed by atoms with Crippen molar-refractivity contribution in [1.82, 2.24) is 9.55 Å². The van der Waals surface area contributed by atoms with Gasteiger partial charge in [-0.25, -0.2) is 9.37 Å². The maximum atomic E-state index is 13.8. The van der Waals surface area contributed by atoms with Gasteiger partial charge in [-0.2, -0.15) is 0 Å². The molecule has 1 N–H and O–H groups in total. The smallest absolute Gasteiger partial charge is 0.273 e. The van der Waals surface area contributed by atoms with Gasteiger partial charge in [-0.05, 0) is 46.3 Å². The van der Waals surface area contributed by atoms with Gasteiger partial charge in [0.05, 0.1) is 11.4 Å².